The molecule has 0 atom stereocenters. The summed E-state index contributed by atoms with van der Waals surface area (Å²) in [7, 11) is 0. The van der Waals surface area contributed by atoms with Gasteiger partial charge in [-0.05, 0) is 42.0 Å². The van der Waals surface area contributed by atoms with Gasteiger partial charge in [0.25, 0.3) is 0 Å². The Morgan fingerprint density at radius 2 is 1.69 bits per heavy atom. The molecule has 7 heteroatoms. The van der Waals surface area contributed by atoms with E-state index >= 15 is 0 Å². The molecule has 1 saturated heterocycles. The van der Waals surface area contributed by atoms with Crippen molar-refractivity contribution in [2.75, 3.05) is 41.3 Å². The van der Waals surface area contributed by atoms with Crippen LogP contribution in [-0.4, -0.2) is 42.1 Å². The molecule has 3 aromatic rings. The number of piperazine rings is 1. The summed E-state index contributed by atoms with van der Waals surface area (Å²) in [5.74, 6) is 1.02. The fourth-order valence-corrected chi connectivity index (χ4v) is 3.36. The van der Waals surface area contributed by atoms with E-state index in [0.717, 1.165) is 43.2 Å². The maximum Gasteiger partial charge on any atom is 0.229 e. The molecule has 3 heterocycles. The largest absolute Gasteiger partial charge is 0.367 e. The number of rotatable bonds is 5. The first-order valence-corrected chi connectivity index (χ1v) is 9.59. The number of aromatic nitrogens is 2. The van der Waals surface area contributed by atoms with Crippen LogP contribution in [0.25, 0.3) is 0 Å². The predicted octanol–water partition coefficient (Wildman–Crippen LogP) is 3.12. The van der Waals surface area contributed by atoms with Crippen molar-refractivity contribution in [2.45, 2.75) is 6.42 Å². The van der Waals surface area contributed by atoms with Crippen LogP contribution in [-0.2, 0) is 11.2 Å². The Morgan fingerprint density at radius 3 is 2.34 bits per heavy atom. The highest BCUT2D eigenvalue weighted by molar-refractivity contribution is 5.91. The third-order valence-electron chi connectivity index (χ3n) is 4.91. The molecule has 29 heavy (non-hydrogen) atoms. The van der Waals surface area contributed by atoms with Gasteiger partial charge in [0, 0.05) is 32.4 Å². The molecule has 0 bridgehead atoms. The van der Waals surface area contributed by atoms with Crippen LogP contribution in [0.3, 0.4) is 0 Å². The van der Waals surface area contributed by atoms with Gasteiger partial charge in [0.1, 0.15) is 17.5 Å². The summed E-state index contributed by atoms with van der Waals surface area (Å²) in [5.41, 5.74) is 1.79. The molecule has 1 N–H and O–H groups in total. The van der Waals surface area contributed by atoms with Crippen molar-refractivity contribution in [3.63, 3.8) is 0 Å². The quantitative estimate of drug-likeness (QED) is 0.724. The van der Waals surface area contributed by atoms with E-state index in [-0.39, 0.29) is 18.1 Å². The summed E-state index contributed by atoms with van der Waals surface area (Å²) < 4.78 is 12.9. The number of nitrogens with zero attached hydrogens (tertiary/aromatic N) is 4. The zero-order chi connectivity index (χ0) is 20.1. The molecule has 1 aliphatic rings. The lowest BCUT2D eigenvalue weighted by atomic mass is 10.1. The summed E-state index contributed by atoms with van der Waals surface area (Å²) in [6.07, 6.45) is 3.78. The summed E-state index contributed by atoms with van der Waals surface area (Å²) in [4.78, 5) is 25.5. The highest BCUT2D eigenvalue weighted by atomic mass is 19.1. The van der Waals surface area contributed by atoms with Gasteiger partial charge in [0.05, 0.1) is 18.3 Å². The second-order valence-electron chi connectivity index (χ2n) is 6.92. The van der Waals surface area contributed by atoms with Crippen molar-refractivity contribution in [3.05, 3.63) is 78.4 Å². The molecule has 1 aliphatic heterocycles. The normalized spacial score (nSPS) is 14.0. The van der Waals surface area contributed by atoms with E-state index in [9.17, 15) is 9.18 Å². The third kappa shape index (κ3) is 4.87. The van der Waals surface area contributed by atoms with Gasteiger partial charge in [0.15, 0.2) is 0 Å². The molecule has 1 fully saturated rings. The average molecular weight is 391 g/mol. The van der Waals surface area contributed by atoms with Crippen LogP contribution in [0.2, 0.25) is 0 Å². The zero-order valence-corrected chi connectivity index (χ0v) is 16.0. The number of anilines is 3. The lowest BCUT2D eigenvalue weighted by molar-refractivity contribution is -0.115. The van der Waals surface area contributed by atoms with E-state index in [1.165, 1.54) is 12.1 Å². The zero-order valence-electron chi connectivity index (χ0n) is 16.0. The molecule has 0 radical (unpaired) electrons. The fourth-order valence-electron chi connectivity index (χ4n) is 3.36. The average Bonchev–Trinajstić information content (AvgIpc) is 2.77. The summed E-state index contributed by atoms with van der Waals surface area (Å²) in [6, 6.07) is 15.6. The van der Waals surface area contributed by atoms with E-state index in [4.69, 9.17) is 0 Å². The van der Waals surface area contributed by atoms with E-state index in [1.54, 1.807) is 18.3 Å². The smallest absolute Gasteiger partial charge is 0.229 e. The van der Waals surface area contributed by atoms with Crippen molar-refractivity contribution >= 4 is 23.2 Å². The molecule has 4 rings (SSSR count). The summed E-state index contributed by atoms with van der Waals surface area (Å²) in [5, 5.41) is 2.78. The molecule has 6 nitrogen and oxygen atoms in total. The number of nitrogens with one attached hydrogen (secondary N) is 1. The second kappa shape index (κ2) is 8.68. The molecular formula is C22H22FN5O. The molecule has 1 amide bonds. The first kappa shape index (κ1) is 18.9. The van der Waals surface area contributed by atoms with Crippen molar-refractivity contribution < 1.29 is 9.18 Å². The van der Waals surface area contributed by atoms with Gasteiger partial charge in [-0.2, -0.15) is 0 Å². The predicted molar refractivity (Wildman–Crippen MR) is 112 cm³/mol. The van der Waals surface area contributed by atoms with Crippen LogP contribution in [0.1, 0.15) is 5.56 Å². The number of amides is 1. The second-order valence-corrected chi connectivity index (χ2v) is 6.92. The van der Waals surface area contributed by atoms with E-state index in [1.807, 2.05) is 36.5 Å². The molecule has 148 valence electrons. The summed E-state index contributed by atoms with van der Waals surface area (Å²) in [6.45, 7) is 3.56. The van der Waals surface area contributed by atoms with Gasteiger partial charge in [-0.25, -0.2) is 14.4 Å². The maximum absolute atomic E-state index is 12.9. The third-order valence-corrected chi connectivity index (χ3v) is 4.91. The van der Waals surface area contributed by atoms with Gasteiger partial charge in [-0.15, -0.1) is 0 Å². The lowest BCUT2D eigenvalue weighted by Gasteiger charge is -2.36. The monoisotopic (exact) mass is 391 g/mol. The first-order chi connectivity index (χ1) is 14.2. The Bertz CT molecular complexity index is 939. The van der Waals surface area contributed by atoms with Gasteiger partial charge in [-0.1, -0.05) is 18.2 Å². The number of hydrogen-bond donors (Lipinski definition) is 1. The maximum atomic E-state index is 12.9. The number of hydrogen-bond acceptors (Lipinski definition) is 5. The van der Waals surface area contributed by atoms with Crippen LogP contribution in [0.15, 0.2) is 67.0 Å². The highest BCUT2D eigenvalue weighted by Crippen LogP contribution is 2.19. The lowest BCUT2D eigenvalue weighted by Crippen LogP contribution is -2.46. The first-order valence-electron chi connectivity index (χ1n) is 9.59. The SMILES string of the molecule is O=C(Cc1ccc(F)cc1)Nc1ccc(N2CCN(c3ccccn3)CC2)cn1. The molecule has 0 unspecified atom stereocenters. The van der Waals surface area contributed by atoms with Crippen molar-refractivity contribution in [1.29, 1.82) is 0 Å². The highest BCUT2D eigenvalue weighted by Gasteiger charge is 2.18. The Hall–Kier alpha value is -3.48. The number of carbonyl (C=O) groups is 1. The van der Waals surface area contributed by atoms with Gasteiger partial charge >= 0.3 is 0 Å². The van der Waals surface area contributed by atoms with Crippen LogP contribution in [0.4, 0.5) is 21.7 Å². The fraction of sp³-hybridized carbons (Fsp3) is 0.227. The minimum Gasteiger partial charge on any atom is -0.367 e. The van der Waals surface area contributed by atoms with Crippen LogP contribution in [0.5, 0.6) is 0 Å². The van der Waals surface area contributed by atoms with E-state index in [0.29, 0.717) is 5.82 Å². The molecule has 0 spiro atoms. The number of pyridine rings is 2. The molecule has 0 aliphatic carbocycles. The topological polar surface area (TPSA) is 61.4 Å². The van der Waals surface area contributed by atoms with Gasteiger partial charge in [0.2, 0.25) is 5.91 Å². The minimum absolute atomic E-state index is 0.180. The van der Waals surface area contributed by atoms with Crippen LogP contribution >= 0.6 is 0 Å². The minimum atomic E-state index is -0.313. The van der Waals surface area contributed by atoms with E-state index in [2.05, 4.69) is 25.1 Å². The van der Waals surface area contributed by atoms with Gasteiger partial charge in [-0.3, -0.25) is 4.79 Å². The Kier molecular flexibility index (Phi) is 5.65. The Morgan fingerprint density at radius 1 is 0.931 bits per heavy atom. The summed E-state index contributed by atoms with van der Waals surface area (Å²) >= 11 is 0. The standard InChI is InChI=1S/C22H22FN5O/c23-18-6-4-17(5-7-18)15-22(29)26-20-9-8-19(16-25-20)27-11-13-28(14-12-27)21-3-1-2-10-24-21/h1-10,16H,11-15H2,(H,25,26,29). The van der Waals surface area contributed by atoms with Gasteiger partial charge < -0.3 is 15.1 Å². The number of halogens is 1. The number of benzene rings is 1. The Balaban J connectivity index is 1.30. The van der Waals surface area contributed by atoms with Crippen molar-refractivity contribution in [1.82, 2.24) is 9.97 Å². The van der Waals surface area contributed by atoms with E-state index < -0.39 is 0 Å². The van der Waals surface area contributed by atoms with Crippen molar-refractivity contribution in [2.24, 2.45) is 0 Å². The molecule has 0 saturated carbocycles. The van der Waals surface area contributed by atoms with Crippen LogP contribution in [0, 0.1) is 5.82 Å². The Labute approximate surface area is 169 Å². The molecule has 1 aromatic carbocycles. The number of carbonyl (C=O) groups excluding carboxylic acids is 1. The molecular weight excluding hydrogens is 369 g/mol. The van der Waals surface area contributed by atoms with Crippen molar-refractivity contribution in [3.8, 4) is 0 Å². The molecule has 2 aromatic heterocycles. The van der Waals surface area contributed by atoms with Crippen LogP contribution < -0.4 is 15.1 Å².